The fraction of sp³-hybridized carbons (Fsp3) is 0.438. The van der Waals surface area contributed by atoms with Gasteiger partial charge in [-0.25, -0.2) is 0 Å². The fourth-order valence-electron chi connectivity index (χ4n) is 2.24. The lowest BCUT2D eigenvalue weighted by atomic mass is 10.2. The summed E-state index contributed by atoms with van der Waals surface area (Å²) < 4.78 is 2.24. The number of unbranched alkanes of at least 4 members (excludes halogenated alkanes) is 1. The van der Waals surface area contributed by atoms with E-state index in [0.717, 1.165) is 32.4 Å². The Bertz CT molecular complexity index is 530. The first-order valence-electron chi connectivity index (χ1n) is 7.12. The van der Waals surface area contributed by atoms with Gasteiger partial charge >= 0.3 is 0 Å². The lowest BCUT2D eigenvalue weighted by Crippen LogP contribution is -2.24. The van der Waals surface area contributed by atoms with Crippen LogP contribution in [0.2, 0.25) is 0 Å². The molecule has 0 aliphatic carbocycles. The largest absolute Gasteiger partial charge is 0.356 e. The van der Waals surface area contributed by atoms with Gasteiger partial charge in [0.1, 0.15) is 0 Å². The molecule has 1 heterocycles. The Balaban J connectivity index is 1.75. The van der Waals surface area contributed by atoms with Gasteiger partial charge in [0.25, 0.3) is 0 Å². The summed E-state index contributed by atoms with van der Waals surface area (Å²) in [6.07, 6.45) is 5.79. The molecule has 0 spiro atoms. The normalized spacial score (nSPS) is 10.8. The second kappa shape index (κ2) is 6.98. The van der Waals surface area contributed by atoms with Crippen molar-refractivity contribution in [2.75, 3.05) is 6.54 Å². The van der Waals surface area contributed by atoms with Gasteiger partial charge in [-0.3, -0.25) is 4.79 Å². The Morgan fingerprint density at radius 1 is 1.21 bits per heavy atom. The highest BCUT2D eigenvalue weighted by molar-refractivity contribution is 5.79. The van der Waals surface area contributed by atoms with Crippen LogP contribution in [0.15, 0.2) is 36.5 Å². The number of hydrogen-bond acceptors (Lipinski definition) is 1. The molecule has 0 aliphatic heterocycles. The summed E-state index contributed by atoms with van der Waals surface area (Å²) in [6, 6.07) is 10.5. The molecule has 0 saturated carbocycles. The summed E-state index contributed by atoms with van der Waals surface area (Å²) in [5, 5.41) is 4.25. The van der Waals surface area contributed by atoms with E-state index >= 15 is 0 Å². The van der Waals surface area contributed by atoms with Gasteiger partial charge < -0.3 is 9.88 Å². The zero-order valence-electron chi connectivity index (χ0n) is 11.6. The molecule has 0 unspecified atom stereocenters. The first-order valence-corrected chi connectivity index (χ1v) is 7.12. The first kappa shape index (κ1) is 13.7. The zero-order valence-corrected chi connectivity index (χ0v) is 11.6. The van der Waals surface area contributed by atoms with Crippen molar-refractivity contribution < 1.29 is 4.79 Å². The van der Waals surface area contributed by atoms with Gasteiger partial charge in [-0.15, -0.1) is 0 Å². The number of para-hydroxylation sites is 1. The van der Waals surface area contributed by atoms with E-state index in [9.17, 15) is 4.79 Å². The average molecular weight is 258 g/mol. The molecule has 1 N–H and O–H groups in total. The molecule has 0 radical (unpaired) electrons. The van der Waals surface area contributed by atoms with E-state index in [0.29, 0.717) is 6.42 Å². The topological polar surface area (TPSA) is 34.0 Å². The second-order valence-electron chi connectivity index (χ2n) is 4.88. The summed E-state index contributed by atoms with van der Waals surface area (Å²) in [4.78, 5) is 11.5. The molecule has 2 rings (SSSR count). The summed E-state index contributed by atoms with van der Waals surface area (Å²) in [5.41, 5.74) is 1.26. The molecule has 0 fully saturated rings. The van der Waals surface area contributed by atoms with E-state index in [2.05, 4.69) is 53.3 Å². The summed E-state index contributed by atoms with van der Waals surface area (Å²) in [6.45, 7) is 3.81. The van der Waals surface area contributed by atoms with Crippen LogP contribution in [0.3, 0.4) is 0 Å². The predicted octanol–water partition coefficient (Wildman–Crippen LogP) is 3.34. The predicted molar refractivity (Wildman–Crippen MR) is 79.1 cm³/mol. The Morgan fingerprint density at radius 2 is 2.05 bits per heavy atom. The van der Waals surface area contributed by atoms with Crippen molar-refractivity contribution in [3.63, 3.8) is 0 Å². The fourth-order valence-corrected chi connectivity index (χ4v) is 2.24. The van der Waals surface area contributed by atoms with Crippen molar-refractivity contribution in [2.24, 2.45) is 0 Å². The van der Waals surface area contributed by atoms with Gasteiger partial charge in [0.2, 0.25) is 5.91 Å². The van der Waals surface area contributed by atoms with E-state index in [1.165, 1.54) is 10.9 Å². The van der Waals surface area contributed by atoms with Crippen LogP contribution in [-0.4, -0.2) is 17.0 Å². The number of nitrogens with one attached hydrogen (secondary N) is 1. The molecule has 1 aromatic carbocycles. The van der Waals surface area contributed by atoms with Crippen molar-refractivity contribution >= 4 is 16.8 Å². The number of amides is 1. The standard InChI is InChI=1S/C16H22N2O/c1-2-3-9-16(19)17-11-6-12-18-13-10-14-7-4-5-8-15(14)18/h4-5,7-8,10,13H,2-3,6,9,11-12H2,1H3,(H,17,19). The molecule has 0 aliphatic rings. The van der Waals surface area contributed by atoms with E-state index in [1.54, 1.807) is 0 Å². The molecule has 0 bridgehead atoms. The third-order valence-electron chi connectivity index (χ3n) is 3.34. The first-order chi connectivity index (χ1) is 9.31. The maximum atomic E-state index is 11.5. The quantitative estimate of drug-likeness (QED) is 0.759. The molecule has 102 valence electrons. The highest BCUT2D eigenvalue weighted by Gasteiger charge is 2.01. The number of hydrogen-bond donors (Lipinski definition) is 1. The van der Waals surface area contributed by atoms with E-state index in [4.69, 9.17) is 0 Å². The van der Waals surface area contributed by atoms with Crippen LogP contribution in [0.1, 0.15) is 32.6 Å². The van der Waals surface area contributed by atoms with Gasteiger partial charge in [0.15, 0.2) is 0 Å². The van der Waals surface area contributed by atoms with Crippen LogP contribution in [0.25, 0.3) is 10.9 Å². The number of rotatable bonds is 7. The lowest BCUT2D eigenvalue weighted by Gasteiger charge is -2.07. The Kier molecular flexibility index (Phi) is 5.01. The lowest BCUT2D eigenvalue weighted by molar-refractivity contribution is -0.121. The Hall–Kier alpha value is -1.77. The monoisotopic (exact) mass is 258 g/mol. The minimum Gasteiger partial charge on any atom is -0.356 e. The van der Waals surface area contributed by atoms with Crippen LogP contribution < -0.4 is 5.32 Å². The van der Waals surface area contributed by atoms with Crippen molar-refractivity contribution in [1.82, 2.24) is 9.88 Å². The van der Waals surface area contributed by atoms with Gasteiger partial charge in [-0.05, 0) is 30.4 Å². The van der Waals surface area contributed by atoms with Gasteiger partial charge in [0, 0.05) is 31.2 Å². The van der Waals surface area contributed by atoms with Crippen LogP contribution in [0.5, 0.6) is 0 Å². The van der Waals surface area contributed by atoms with E-state index in [-0.39, 0.29) is 5.91 Å². The third-order valence-corrected chi connectivity index (χ3v) is 3.34. The van der Waals surface area contributed by atoms with Crippen LogP contribution >= 0.6 is 0 Å². The number of carbonyl (C=O) groups is 1. The maximum Gasteiger partial charge on any atom is 0.219 e. The molecule has 19 heavy (non-hydrogen) atoms. The van der Waals surface area contributed by atoms with Crippen LogP contribution in [0, 0.1) is 0 Å². The number of carbonyl (C=O) groups excluding carboxylic acids is 1. The molecular formula is C16H22N2O. The highest BCUT2D eigenvalue weighted by atomic mass is 16.1. The Morgan fingerprint density at radius 3 is 2.89 bits per heavy atom. The van der Waals surface area contributed by atoms with Gasteiger partial charge in [-0.1, -0.05) is 31.5 Å². The molecule has 1 amide bonds. The van der Waals surface area contributed by atoms with Crippen molar-refractivity contribution in [1.29, 1.82) is 0 Å². The minimum atomic E-state index is 0.180. The number of fused-ring (bicyclic) bond motifs is 1. The number of benzene rings is 1. The number of nitrogens with zero attached hydrogens (tertiary/aromatic N) is 1. The number of aryl methyl sites for hydroxylation is 1. The summed E-state index contributed by atoms with van der Waals surface area (Å²) >= 11 is 0. The van der Waals surface area contributed by atoms with E-state index in [1.807, 2.05) is 0 Å². The SMILES string of the molecule is CCCCC(=O)NCCCn1ccc2ccccc21. The zero-order chi connectivity index (χ0) is 13.5. The second-order valence-corrected chi connectivity index (χ2v) is 4.88. The molecule has 0 atom stereocenters. The molecular weight excluding hydrogens is 236 g/mol. The third kappa shape index (κ3) is 3.85. The van der Waals surface area contributed by atoms with Crippen molar-refractivity contribution in [3.05, 3.63) is 36.5 Å². The van der Waals surface area contributed by atoms with E-state index < -0.39 is 0 Å². The van der Waals surface area contributed by atoms with Crippen molar-refractivity contribution in [3.8, 4) is 0 Å². The maximum absolute atomic E-state index is 11.5. The summed E-state index contributed by atoms with van der Waals surface area (Å²) in [5.74, 6) is 0.180. The molecule has 1 aromatic heterocycles. The molecule has 0 saturated heterocycles. The highest BCUT2D eigenvalue weighted by Crippen LogP contribution is 2.15. The minimum absolute atomic E-state index is 0.180. The van der Waals surface area contributed by atoms with Crippen LogP contribution in [-0.2, 0) is 11.3 Å². The average Bonchev–Trinajstić information content (AvgIpc) is 2.85. The van der Waals surface area contributed by atoms with Gasteiger partial charge in [-0.2, -0.15) is 0 Å². The Labute approximate surface area is 114 Å². The molecule has 2 aromatic rings. The van der Waals surface area contributed by atoms with Gasteiger partial charge in [0.05, 0.1) is 0 Å². The molecule has 3 nitrogen and oxygen atoms in total. The van der Waals surface area contributed by atoms with Crippen molar-refractivity contribution in [2.45, 2.75) is 39.2 Å². The van der Waals surface area contributed by atoms with Crippen LogP contribution in [0.4, 0.5) is 0 Å². The number of aromatic nitrogens is 1. The summed E-state index contributed by atoms with van der Waals surface area (Å²) in [7, 11) is 0. The smallest absolute Gasteiger partial charge is 0.219 e. The molecule has 3 heteroatoms.